The van der Waals surface area contributed by atoms with E-state index in [0.717, 1.165) is 23.8 Å². The monoisotopic (exact) mass is 359 g/mol. The van der Waals surface area contributed by atoms with Crippen LogP contribution in [0.15, 0.2) is 35.9 Å². The summed E-state index contributed by atoms with van der Waals surface area (Å²) in [5.41, 5.74) is 0.896. The van der Waals surface area contributed by atoms with E-state index in [1.165, 1.54) is 0 Å². The normalized spacial score (nSPS) is 14.8. The van der Waals surface area contributed by atoms with Gasteiger partial charge in [0, 0.05) is 43.8 Å². The fraction of sp³-hybridized carbons (Fsp3) is 0.333. The van der Waals surface area contributed by atoms with Crippen LogP contribution in [-0.4, -0.2) is 56.2 Å². The van der Waals surface area contributed by atoms with Crippen LogP contribution in [0.25, 0.3) is 6.08 Å². The minimum Gasteiger partial charge on any atom is -0.493 e. The Labute approximate surface area is 151 Å². The van der Waals surface area contributed by atoms with Crippen molar-refractivity contribution in [2.75, 3.05) is 45.3 Å². The molecule has 2 aromatic rings. The molecular formula is C18H21N3O3S. The lowest BCUT2D eigenvalue weighted by Crippen LogP contribution is -2.48. The molecule has 0 spiro atoms. The molecule has 0 atom stereocenters. The predicted octanol–water partition coefficient (Wildman–Crippen LogP) is 2.52. The highest BCUT2D eigenvalue weighted by molar-refractivity contribution is 7.13. The fourth-order valence-corrected chi connectivity index (χ4v) is 3.42. The van der Waals surface area contributed by atoms with Crippen molar-refractivity contribution in [1.82, 2.24) is 9.88 Å². The number of benzene rings is 1. The number of piperazine rings is 1. The molecule has 0 N–H and O–H groups in total. The Morgan fingerprint density at radius 2 is 1.92 bits per heavy atom. The number of methoxy groups -OCH3 is 2. The smallest absolute Gasteiger partial charge is 0.246 e. The highest BCUT2D eigenvalue weighted by Gasteiger charge is 2.20. The molecule has 6 nitrogen and oxygen atoms in total. The molecular weight excluding hydrogens is 338 g/mol. The lowest BCUT2D eigenvalue weighted by Gasteiger charge is -2.34. The van der Waals surface area contributed by atoms with Crippen molar-refractivity contribution in [3.8, 4) is 11.5 Å². The molecule has 0 aliphatic carbocycles. The third kappa shape index (κ3) is 4.11. The van der Waals surface area contributed by atoms with E-state index in [-0.39, 0.29) is 5.91 Å². The maximum atomic E-state index is 12.4. The quantitative estimate of drug-likeness (QED) is 0.768. The molecule has 1 aromatic heterocycles. The van der Waals surface area contributed by atoms with Crippen molar-refractivity contribution >= 4 is 28.5 Å². The Morgan fingerprint density at radius 1 is 1.16 bits per heavy atom. The molecule has 2 heterocycles. The molecule has 1 amide bonds. The Bertz CT molecular complexity index is 738. The molecule has 1 saturated heterocycles. The van der Waals surface area contributed by atoms with Gasteiger partial charge < -0.3 is 19.3 Å². The molecule has 0 saturated carbocycles. The van der Waals surface area contributed by atoms with E-state index in [1.54, 1.807) is 37.7 Å². The van der Waals surface area contributed by atoms with Crippen LogP contribution in [0.3, 0.4) is 0 Å². The van der Waals surface area contributed by atoms with Crippen LogP contribution >= 0.6 is 11.3 Å². The molecule has 0 unspecified atom stereocenters. The Hall–Kier alpha value is -2.54. The molecule has 25 heavy (non-hydrogen) atoms. The van der Waals surface area contributed by atoms with Crippen molar-refractivity contribution in [1.29, 1.82) is 0 Å². The summed E-state index contributed by atoms with van der Waals surface area (Å²) in [6.07, 6.45) is 5.22. The molecule has 1 aliphatic heterocycles. The standard InChI is InChI=1S/C18H21N3O3S/c1-23-15-5-3-14(13-16(15)24-2)4-6-17(22)20-8-10-21(11-9-20)18-19-7-12-25-18/h3-7,12-13H,8-11H2,1-2H3/b6-4+. The number of rotatable bonds is 5. The van der Waals surface area contributed by atoms with Crippen molar-refractivity contribution in [2.24, 2.45) is 0 Å². The van der Waals surface area contributed by atoms with Crippen LogP contribution in [0.5, 0.6) is 11.5 Å². The second-order valence-electron chi connectivity index (χ2n) is 5.57. The van der Waals surface area contributed by atoms with Gasteiger partial charge in [-0.05, 0) is 23.8 Å². The number of ether oxygens (including phenoxy) is 2. The highest BCUT2D eigenvalue weighted by atomic mass is 32.1. The zero-order valence-electron chi connectivity index (χ0n) is 14.3. The molecule has 3 rings (SSSR count). The van der Waals surface area contributed by atoms with E-state index >= 15 is 0 Å². The van der Waals surface area contributed by atoms with E-state index in [9.17, 15) is 4.79 Å². The maximum Gasteiger partial charge on any atom is 0.246 e. The summed E-state index contributed by atoms with van der Waals surface area (Å²) in [5.74, 6) is 1.34. The average Bonchev–Trinajstić information content (AvgIpc) is 3.20. The predicted molar refractivity (Wildman–Crippen MR) is 99.5 cm³/mol. The first-order valence-electron chi connectivity index (χ1n) is 8.04. The number of hydrogen-bond acceptors (Lipinski definition) is 6. The molecule has 7 heteroatoms. The van der Waals surface area contributed by atoms with E-state index < -0.39 is 0 Å². The molecule has 1 fully saturated rings. The Balaban J connectivity index is 1.58. The van der Waals surface area contributed by atoms with Crippen LogP contribution in [0.4, 0.5) is 5.13 Å². The number of hydrogen-bond donors (Lipinski definition) is 0. The highest BCUT2D eigenvalue weighted by Crippen LogP contribution is 2.28. The van der Waals surface area contributed by atoms with Gasteiger partial charge in [0.25, 0.3) is 0 Å². The lowest BCUT2D eigenvalue weighted by atomic mass is 10.2. The number of thiazole rings is 1. The summed E-state index contributed by atoms with van der Waals surface area (Å²) in [7, 11) is 3.20. The Kier molecular flexibility index (Phi) is 5.55. The van der Waals surface area contributed by atoms with E-state index in [2.05, 4.69) is 9.88 Å². The van der Waals surface area contributed by atoms with Crippen LogP contribution in [0, 0.1) is 0 Å². The number of amides is 1. The maximum absolute atomic E-state index is 12.4. The number of carbonyl (C=O) groups excluding carboxylic acids is 1. The second kappa shape index (κ2) is 8.02. The van der Waals surface area contributed by atoms with Crippen LogP contribution in [-0.2, 0) is 4.79 Å². The van der Waals surface area contributed by atoms with E-state index in [4.69, 9.17) is 9.47 Å². The van der Waals surface area contributed by atoms with Crippen molar-refractivity contribution in [3.63, 3.8) is 0 Å². The summed E-state index contributed by atoms with van der Waals surface area (Å²) in [5, 5.41) is 2.99. The van der Waals surface area contributed by atoms with Gasteiger partial charge in [-0.3, -0.25) is 4.79 Å². The summed E-state index contributed by atoms with van der Waals surface area (Å²) in [6.45, 7) is 3.02. The minimum absolute atomic E-state index is 0.0218. The second-order valence-corrected chi connectivity index (χ2v) is 6.45. The summed E-state index contributed by atoms with van der Waals surface area (Å²) in [6, 6.07) is 5.57. The van der Waals surface area contributed by atoms with Crippen molar-refractivity contribution in [3.05, 3.63) is 41.4 Å². The third-order valence-electron chi connectivity index (χ3n) is 4.11. The summed E-state index contributed by atoms with van der Waals surface area (Å²) in [4.78, 5) is 20.8. The average molecular weight is 359 g/mol. The Morgan fingerprint density at radius 3 is 2.56 bits per heavy atom. The largest absolute Gasteiger partial charge is 0.493 e. The first-order valence-corrected chi connectivity index (χ1v) is 8.92. The minimum atomic E-state index is 0.0218. The SMILES string of the molecule is COc1ccc(/C=C/C(=O)N2CCN(c3nccs3)CC2)cc1OC. The van der Waals surface area contributed by atoms with Gasteiger partial charge in [-0.15, -0.1) is 11.3 Å². The van der Waals surface area contributed by atoms with Crippen molar-refractivity contribution < 1.29 is 14.3 Å². The molecule has 1 aromatic carbocycles. The van der Waals surface area contributed by atoms with Gasteiger partial charge in [0.1, 0.15) is 0 Å². The number of aromatic nitrogens is 1. The summed E-state index contributed by atoms with van der Waals surface area (Å²) >= 11 is 1.63. The first-order chi connectivity index (χ1) is 12.2. The number of nitrogens with zero attached hydrogens (tertiary/aromatic N) is 3. The van der Waals surface area contributed by atoms with E-state index in [1.807, 2.05) is 34.7 Å². The van der Waals surface area contributed by atoms with Crippen LogP contribution in [0.2, 0.25) is 0 Å². The molecule has 1 aliphatic rings. The molecule has 0 bridgehead atoms. The molecule has 132 valence electrons. The van der Waals surface area contributed by atoms with Gasteiger partial charge in [-0.25, -0.2) is 4.98 Å². The zero-order chi connectivity index (χ0) is 17.6. The van der Waals surface area contributed by atoms with Gasteiger partial charge in [0.05, 0.1) is 14.2 Å². The van der Waals surface area contributed by atoms with Gasteiger partial charge in [-0.1, -0.05) is 6.07 Å². The van der Waals surface area contributed by atoms with Gasteiger partial charge in [0.2, 0.25) is 5.91 Å². The van der Waals surface area contributed by atoms with Gasteiger partial charge in [-0.2, -0.15) is 0 Å². The lowest BCUT2D eigenvalue weighted by molar-refractivity contribution is -0.126. The van der Waals surface area contributed by atoms with E-state index in [0.29, 0.717) is 24.6 Å². The number of carbonyl (C=O) groups is 1. The van der Waals surface area contributed by atoms with Gasteiger partial charge in [0.15, 0.2) is 16.6 Å². The first kappa shape index (κ1) is 17.3. The van der Waals surface area contributed by atoms with Crippen molar-refractivity contribution in [2.45, 2.75) is 0 Å². The third-order valence-corrected chi connectivity index (χ3v) is 4.94. The number of anilines is 1. The van der Waals surface area contributed by atoms with Crippen LogP contribution in [0.1, 0.15) is 5.56 Å². The summed E-state index contributed by atoms with van der Waals surface area (Å²) < 4.78 is 10.5. The fourth-order valence-electron chi connectivity index (χ4n) is 2.72. The molecule has 0 radical (unpaired) electrons. The van der Waals surface area contributed by atoms with Crippen LogP contribution < -0.4 is 14.4 Å². The zero-order valence-corrected chi connectivity index (χ0v) is 15.2. The van der Waals surface area contributed by atoms with Gasteiger partial charge >= 0.3 is 0 Å². The topological polar surface area (TPSA) is 54.9 Å².